The van der Waals surface area contributed by atoms with Gasteiger partial charge < -0.3 is 18.8 Å². The molecule has 0 saturated heterocycles. The zero-order valence-corrected chi connectivity index (χ0v) is 15.0. The monoisotopic (exact) mass is 363 g/mol. The lowest BCUT2D eigenvalue weighted by Gasteiger charge is -2.22. The molecule has 3 aromatic rings. The number of carbonyl (C=O) groups excluding carboxylic acids is 1. The molecule has 5 nitrogen and oxygen atoms in total. The predicted molar refractivity (Wildman–Crippen MR) is 100 cm³/mol. The molecule has 0 radical (unpaired) electrons. The van der Waals surface area contributed by atoms with Crippen LogP contribution in [0.25, 0.3) is 0 Å². The molecule has 0 N–H and O–H groups in total. The predicted octanol–water partition coefficient (Wildman–Crippen LogP) is 4.17. The summed E-state index contributed by atoms with van der Waals surface area (Å²) in [6.07, 6.45) is 2.80. The zero-order chi connectivity index (χ0) is 18.5. The van der Waals surface area contributed by atoms with Gasteiger partial charge >= 0.3 is 0 Å². The lowest BCUT2D eigenvalue weighted by molar-refractivity contribution is -0.132. The van der Waals surface area contributed by atoms with Crippen LogP contribution in [0.5, 0.6) is 11.5 Å². The molecule has 4 rings (SSSR count). The smallest absolute Gasteiger partial charge is 0.231 e. The molecule has 5 heteroatoms. The highest BCUT2D eigenvalue weighted by Gasteiger charge is 2.18. The molecule has 1 aromatic heterocycles. The van der Waals surface area contributed by atoms with Crippen molar-refractivity contribution >= 4 is 5.91 Å². The SMILES string of the molecule is O=C(CCc1ccccc1)N(Cc1ccc2c(c1)OCO2)Cc1ccco1. The normalized spacial score (nSPS) is 12.1. The topological polar surface area (TPSA) is 51.9 Å². The summed E-state index contributed by atoms with van der Waals surface area (Å²) in [6.45, 7) is 1.17. The second-order valence-corrected chi connectivity index (χ2v) is 6.50. The Morgan fingerprint density at radius 2 is 1.74 bits per heavy atom. The van der Waals surface area contributed by atoms with Crippen molar-refractivity contribution in [2.24, 2.45) is 0 Å². The summed E-state index contributed by atoms with van der Waals surface area (Å²) in [5.74, 6) is 2.32. The van der Waals surface area contributed by atoms with Crippen LogP contribution < -0.4 is 9.47 Å². The van der Waals surface area contributed by atoms with Crippen molar-refractivity contribution in [2.75, 3.05) is 6.79 Å². The van der Waals surface area contributed by atoms with Crippen LogP contribution in [0, 0.1) is 0 Å². The van der Waals surface area contributed by atoms with Crippen LogP contribution in [-0.4, -0.2) is 17.6 Å². The number of ether oxygens (including phenoxy) is 2. The van der Waals surface area contributed by atoms with Crippen LogP contribution >= 0.6 is 0 Å². The Balaban J connectivity index is 1.47. The maximum absolute atomic E-state index is 12.9. The number of furan rings is 1. The van der Waals surface area contributed by atoms with Gasteiger partial charge in [0, 0.05) is 13.0 Å². The largest absolute Gasteiger partial charge is 0.467 e. The number of benzene rings is 2. The number of hydrogen-bond acceptors (Lipinski definition) is 4. The third-order valence-corrected chi connectivity index (χ3v) is 4.56. The van der Waals surface area contributed by atoms with E-state index in [2.05, 4.69) is 0 Å². The number of carbonyl (C=O) groups is 1. The van der Waals surface area contributed by atoms with E-state index in [1.54, 1.807) is 6.26 Å². The summed E-state index contributed by atoms with van der Waals surface area (Å²) in [7, 11) is 0. The van der Waals surface area contributed by atoms with Gasteiger partial charge in [-0.1, -0.05) is 36.4 Å². The summed E-state index contributed by atoms with van der Waals surface area (Å²) in [5, 5.41) is 0. The first-order chi connectivity index (χ1) is 13.3. The quantitative estimate of drug-likeness (QED) is 0.632. The van der Waals surface area contributed by atoms with Crippen molar-refractivity contribution in [1.82, 2.24) is 4.90 Å². The summed E-state index contributed by atoms with van der Waals surface area (Å²) in [6, 6.07) is 19.6. The second-order valence-electron chi connectivity index (χ2n) is 6.50. The molecular formula is C22H21NO4. The maximum Gasteiger partial charge on any atom is 0.231 e. The van der Waals surface area contributed by atoms with Crippen molar-refractivity contribution in [2.45, 2.75) is 25.9 Å². The standard InChI is InChI=1S/C22H21NO4/c24-22(11-9-17-5-2-1-3-6-17)23(15-19-7-4-12-25-19)14-18-8-10-20-21(13-18)27-16-26-20/h1-8,10,12-13H,9,11,14-16H2. The van der Waals surface area contributed by atoms with Gasteiger partial charge in [0.2, 0.25) is 12.7 Å². The van der Waals surface area contributed by atoms with E-state index in [4.69, 9.17) is 13.9 Å². The van der Waals surface area contributed by atoms with Crippen molar-refractivity contribution in [3.05, 3.63) is 83.8 Å². The van der Waals surface area contributed by atoms with Crippen LogP contribution in [0.3, 0.4) is 0 Å². The van der Waals surface area contributed by atoms with Crippen LogP contribution in [0.15, 0.2) is 71.3 Å². The average Bonchev–Trinajstić information content (AvgIpc) is 3.37. The third kappa shape index (κ3) is 4.31. The molecular weight excluding hydrogens is 342 g/mol. The fourth-order valence-corrected chi connectivity index (χ4v) is 3.14. The minimum absolute atomic E-state index is 0.0907. The maximum atomic E-state index is 12.9. The Morgan fingerprint density at radius 3 is 2.56 bits per heavy atom. The molecule has 1 aliphatic heterocycles. The molecule has 0 bridgehead atoms. The Kier molecular flexibility index (Phi) is 5.10. The summed E-state index contributed by atoms with van der Waals surface area (Å²) in [5.41, 5.74) is 2.16. The molecule has 1 aliphatic rings. The fourth-order valence-electron chi connectivity index (χ4n) is 3.14. The average molecular weight is 363 g/mol. The number of rotatable bonds is 7. The number of hydrogen-bond donors (Lipinski definition) is 0. The van der Waals surface area contributed by atoms with Gasteiger partial charge in [0.15, 0.2) is 11.5 Å². The molecule has 0 fully saturated rings. The van der Waals surface area contributed by atoms with Gasteiger partial charge in [0.25, 0.3) is 0 Å². The highest BCUT2D eigenvalue weighted by atomic mass is 16.7. The van der Waals surface area contributed by atoms with Gasteiger partial charge in [0.05, 0.1) is 12.8 Å². The molecule has 0 spiro atoms. The summed E-state index contributed by atoms with van der Waals surface area (Å²) in [4.78, 5) is 14.7. The molecule has 27 heavy (non-hydrogen) atoms. The number of nitrogens with zero attached hydrogens (tertiary/aromatic N) is 1. The van der Waals surface area contributed by atoms with Crippen LogP contribution in [0.2, 0.25) is 0 Å². The van der Waals surface area contributed by atoms with Crippen LogP contribution in [0.4, 0.5) is 0 Å². The van der Waals surface area contributed by atoms with Crippen molar-refractivity contribution in [3.63, 3.8) is 0 Å². The van der Waals surface area contributed by atoms with Crippen molar-refractivity contribution in [3.8, 4) is 11.5 Å². The summed E-state index contributed by atoms with van der Waals surface area (Å²) < 4.78 is 16.3. The molecule has 1 amide bonds. The Morgan fingerprint density at radius 1 is 0.889 bits per heavy atom. The molecule has 0 saturated carbocycles. The van der Waals surface area contributed by atoms with E-state index in [0.29, 0.717) is 19.5 Å². The van der Waals surface area contributed by atoms with E-state index in [-0.39, 0.29) is 12.7 Å². The van der Waals surface area contributed by atoms with Gasteiger partial charge in [-0.3, -0.25) is 4.79 Å². The third-order valence-electron chi connectivity index (χ3n) is 4.56. The minimum atomic E-state index is 0.0907. The van der Waals surface area contributed by atoms with E-state index in [1.165, 1.54) is 0 Å². The molecule has 2 heterocycles. The first-order valence-electron chi connectivity index (χ1n) is 9.00. The van der Waals surface area contributed by atoms with E-state index < -0.39 is 0 Å². The first kappa shape index (κ1) is 17.2. The number of fused-ring (bicyclic) bond motifs is 1. The van der Waals surface area contributed by atoms with Crippen LogP contribution in [-0.2, 0) is 24.3 Å². The van der Waals surface area contributed by atoms with E-state index >= 15 is 0 Å². The van der Waals surface area contributed by atoms with E-state index in [1.807, 2.05) is 65.6 Å². The molecule has 0 atom stereocenters. The Bertz CT molecular complexity index is 890. The Labute approximate surface area is 158 Å². The minimum Gasteiger partial charge on any atom is -0.467 e. The van der Waals surface area contributed by atoms with Crippen LogP contribution in [0.1, 0.15) is 23.3 Å². The number of amides is 1. The lowest BCUT2D eigenvalue weighted by atomic mass is 10.1. The second kappa shape index (κ2) is 7.99. The molecule has 0 unspecified atom stereocenters. The first-order valence-corrected chi connectivity index (χ1v) is 9.00. The van der Waals surface area contributed by atoms with Gasteiger partial charge in [-0.25, -0.2) is 0 Å². The zero-order valence-electron chi connectivity index (χ0n) is 15.0. The summed E-state index contributed by atoms with van der Waals surface area (Å²) >= 11 is 0. The highest BCUT2D eigenvalue weighted by molar-refractivity contribution is 5.76. The van der Waals surface area contributed by atoms with E-state index in [9.17, 15) is 4.79 Å². The van der Waals surface area contributed by atoms with Crippen molar-refractivity contribution in [1.29, 1.82) is 0 Å². The lowest BCUT2D eigenvalue weighted by Crippen LogP contribution is -2.30. The fraction of sp³-hybridized carbons (Fsp3) is 0.227. The van der Waals surface area contributed by atoms with Gasteiger partial charge in [-0.2, -0.15) is 0 Å². The highest BCUT2D eigenvalue weighted by Crippen LogP contribution is 2.33. The molecule has 138 valence electrons. The molecule has 0 aliphatic carbocycles. The van der Waals surface area contributed by atoms with Crippen molar-refractivity contribution < 1.29 is 18.7 Å². The molecule has 2 aromatic carbocycles. The number of aryl methyl sites for hydroxylation is 1. The van der Waals surface area contributed by atoms with Gasteiger partial charge in [0.1, 0.15) is 5.76 Å². The van der Waals surface area contributed by atoms with Gasteiger partial charge in [-0.15, -0.1) is 0 Å². The Hall–Kier alpha value is -3.21. The van der Waals surface area contributed by atoms with E-state index in [0.717, 1.165) is 34.8 Å². The van der Waals surface area contributed by atoms with Gasteiger partial charge in [-0.05, 0) is 41.8 Å².